The number of anilines is 2. The van der Waals surface area contributed by atoms with E-state index in [9.17, 15) is 14.9 Å². The number of carbonyl (C=O) groups excluding carboxylic acids is 2. The number of benzene rings is 2. The summed E-state index contributed by atoms with van der Waals surface area (Å²) >= 11 is 0. The topological polar surface area (TPSA) is 77.3 Å². The van der Waals surface area contributed by atoms with E-state index >= 15 is 0 Å². The Balaban J connectivity index is 1.37. The van der Waals surface area contributed by atoms with Crippen molar-refractivity contribution in [2.45, 2.75) is 39.0 Å². The SMILES string of the molecule is Cc1cncc(Cc2ccc3c(c2)C(C)(C)CN3C(=O)[C@H]2CC(=O)N(c3cccc(C#N)c3)C2)c1. The van der Waals surface area contributed by atoms with Crippen molar-refractivity contribution in [3.63, 3.8) is 0 Å². The van der Waals surface area contributed by atoms with Gasteiger partial charge in [0.25, 0.3) is 0 Å². The molecule has 2 aliphatic heterocycles. The number of hydrogen-bond acceptors (Lipinski definition) is 4. The predicted octanol–water partition coefficient (Wildman–Crippen LogP) is 4.53. The van der Waals surface area contributed by atoms with Crippen LogP contribution in [-0.4, -0.2) is 29.9 Å². The molecule has 176 valence electrons. The standard InChI is InChI=1S/C29H28N4O2/c1-19-9-22(16-31-15-19)10-20-7-8-26-25(12-20)29(2,3)18-33(26)28(35)23-13-27(34)32(17-23)24-6-4-5-21(11-24)14-30/h4-9,11-12,15-16,23H,10,13,17-18H2,1-3H3/t23-/m0/s1. The number of hydrogen-bond donors (Lipinski definition) is 0. The van der Waals surface area contributed by atoms with E-state index in [1.54, 1.807) is 23.1 Å². The van der Waals surface area contributed by atoms with Crippen LogP contribution < -0.4 is 9.80 Å². The van der Waals surface area contributed by atoms with Gasteiger partial charge in [0.2, 0.25) is 11.8 Å². The van der Waals surface area contributed by atoms with Crippen LogP contribution in [0.3, 0.4) is 0 Å². The van der Waals surface area contributed by atoms with E-state index in [1.165, 1.54) is 11.1 Å². The second-order valence-corrected chi connectivity index (χ2v) is 10.3. The predicted molar refractivity (Wildman–Crippen MR) is 135 cm³/mol. The molecule has 1 atom stereocenters. The summed E-state index contributed by atoms with van der Waals surface area (Å²) in [6.45, 7) is 7.29. The van der Waals surface area contributed by atoms with Crippen LogP contribution in [0.25, 0.3) is 0 Å². The fourth-order valence-corrected chi connectivity index (χ4v) is 5.27. The Hall–Kier alpha value is -3.98. The smallest absolute Gasteiger partial charge is 0.232 e. The molecule has 1 aromatic heterocycles. The Morgan fingerprint density at radius 1 is 1.14 bits per heavy atom. The molecule has 35 heavy (non-hydrogen) atoms. The number of aromatic nitrogens is 1. The molecule has 0 radical (unpaired) electrons. The van der Waals surface area contributed by atoms with Crippen LogP contribution in [0, 0.1) is 24.2 Å². The number of rotatable bonds is 4. The molecule has 1 fully saturated rings. The van der Waals surface area contributed by atoms with Crippen LogP contribution in [0.15, 0.2) is 60.9 Å². The lowest BCUT2D eigenvalue weighted by atomic mass is 9.85. The number of aryl methyl sites for hydroxylation is 1. The third kappa shape index (κ3) is 4.30. The molecule has 6 nitrogen and oxygen atoms in total. The number of carbonyl (C=O) groups is 2. The van der Waals surface area contributed by atoms with Crippen LogP contribution in [0.2, 0.25) is 0 Å². The van der Waals surface area contributed by atoms with E-state index in [1.807, 2.05) is 36.4 Å². The van der Waals surface area contributed by atoms with Gasteiger partial charge in [0.1, 0.15) is 0 Å². The molecule has 0 bridgehead atoms. The third-order valence-electron chi connectivity index (χ3n) is 7.00. The van der Waals surface area contributed by atoms with Crippen LogP contribution in [-0.2, 0) is 21.4 Å². The van der Waals surface area contributed by atoms with Gasteiger partial charge >= 0.3 is 0 Å². The zero-order chi connectivity index (χ0) is 24.7. The molecule has 0 spiro atoms. The molecule has 3 aromatic rings. The Kier molecular flexibility index (Phi) is 5.64. The summed E-state index contributed by atoms with van der Waals surface area (Å²) in [5.74, 6) is -0.507. The Bertz CT molecular complexity index is 1370. The van der Waals surface area contributed by atoms with Crippen molar-refractivity contribution in [2.24, 2.45) is 5.92 Å². The van der Waals surface area contributed by atoms with Gasteiger partial charge in [-0.05, 0) is 59.9 Å². The van der Waals surface area contributed by atoms with Crippen molar-refractivity contribution in [3.05, 3.63) is 88.7 Å². The number of pyridine rings is 1. The molecule has 0 aliphatic carbocycles. The van der Waals surface area contributed by atoms with Gasteiger partial charge in [0, 0.05) is 48.7 Å². The number of fused-ring (bicyclic) bond motifs is 1. The summed E-state index contributed by atoms with van der Waals surface area (Å²) in [6, 6.07) is 17.6. The highest BCUT2D eigenvalue weighted by molar-refractivity contribution is 6.05. The van der Waals surface area contributed by atoms with Crippen molar-refractivity contribution in [2.75, 3.05) is 22.9 Å². The second kappa shape index (κ2) is 8.66. The van der Waals surface area contributed by atoms with Gasteiger partial charge < -0.3 is 9.80 Å². The molecule has 2 aliphatic rings. The maximum absolute atomic E-state index is 13.6. The van der Waals surface area contributed by atoms with Gasteiger partial charge in [0.05, 0.1) is 17.6 Å². The lowest BCUT2D eigenvalue weighted by molar-refractivity contribution is -0.124. The van der Waals surface area contributed by atoms with Crippen LogP contribution >= 0.6 is 0 Å². The fraction of sp³-hybridized carbons (Fsp3) is 0.310. The summed E-state index contributed by atoms with van der Waals surface area (Å²) in [6.07, 6.45) is 4.73. The first kappa shape index (κ1) is 22.8. The van der Waals surface area contributed by atoms with Gasteiger partial charge in [-0.3, -0.25) is 14.6 Å². The first-order valence-corrected chi connectivity index (χ1v) is 11.9. The van der Waals surface area contributed by atoms with E-state index in [2.05, 4.69) is 43.1 Å². The van der Waals surface area contributed by atoms with Crippen LogP contribution in [0.1, 0.15) is 48.1 Å². The average molecular weight is 465 g/mol. The quantitative estimate of drug-likeness (QED) is 0.568. The van der Waals surface area contributed by atoms with Gasteiger partial charge in [-0.25, -0.2) is 0 Å². The maximum Gasteiger partial charge on any atom is 0.232 e. The molecule has 6 heteroatoms. The minimum Gasteiger partial charge on any atom is -0.312 e. The van der Waals surface area contributed by atoms with Crippen LogP contribution in [0.5, 0.6) is 0 Å². The second-order valence-electron chi connectivity index (χ2n) is 10.3. The van der Waals surface area contributed by atoms with Gasteiger partial charge in [0.15, 0.2) is 0 Å². The molecule has 0 saturated carbocycles. The third-order valence-corrected chi connectivity index (χ3v) is 7.00. The van der Waals surface area contributed by atoms with E-state index in [0.29, 0.717) is 24.3 Å². The summed E-state index contributed by atoms with van der Waals surface area (Å²) in [4.78, 5) is 34.2. The number of nitrogens with zero attached hydrogens (tertiary/aromatic N) is 4. The Labute approximate surface area is 205 Å². The molecule has 3 heterocycles. The average Bonchev–Trinajstić information content (AvgIpc) is 3.35. The minimum absolute atomic E-state index is 0.0141. The van der Waals surface area contributed by atoms with E-state index in [-0.39, 0.29) is 23.7 Å². The molecule has 2 amide bonds. The highest BCUT2D eigenvalue weighted by Gasteiger charge is 2.43. The maximum atomic E-state index is 13.6. The Morgan fingerprint density at radius 3 is 2.74 bits per heavy atom. The first-order chi connectivity index (χ1) is 16.7. The number of amides is 2. The summed E-state index contributed by atoms with van der Waals surface area (Å²) in [5, 5.41) is 9.19. The van der Waals surface area contributed by atoms with E-state index in [0.717, 1.165) is 23.2 Å². The molecule has 1 saturated heterocycles. The monoisotopic (exact) mass is 464 g/mol. The zero-order valence-electron chi connectivity index (χ0n) is 20.3. The highest BCUT2D eigenvalue weighted by Crippen LogP contribution is 2.42. The zero-order valence-corrected chi connectivity index (χ0v) is 20.3. The molecular formula is C29H28N4O2. The first-order valence-electron chi connectivity index (χ1n) is 11.9. The van der Waals surface area contributed by atoms with Gasteiger partial charge in [-0.2, -0.15) is 5.26 Å². The van der Waals surface area contributed by atoms with E-state index in [4.69, 9.17) is 0 Å². The number of nitriles is 1. The van der Waals surface area contributed by atoms with Gasteiger partial charge in [-0.1, -0.05) is 38.1 Å². The van der Waals surface area contributed by atoms with Crippen molar-refractivity contribution in [1.82, 2.24) is 4.98 Å². The molecule has 0 unspecified atom stereocenters. The van der Waals surface area contributed by atoms with Crippen molar-refractivity contribution >= 4 is 23.2 Å². The summed E-state index contributed by atoms with van der Waals surface area (Å²) in [5.41, 5.74) is 6.57. The van der Waals surface area contributed by atoms with Crippen molar-refractivity contribution in [1.29, 1.82) is 5.26 Å². The van der Waals surface area contributed by atoms with Crippen molar-refractivity contribution < 1.29 is 9.59 Å². The molecular weight excluding hydrogens is 436 g/mol. The van der Waals surface area contributed by atoms with Crippen LogP contribution in [0.4, 0.5) is 11.4 Å². The highest BCUT2D eigenvalue weighted by atomic mass is 16.2. The van der Waals surface area contributed by atoms with Crippen molar-refractivity contribution in [3.8, 4) is 6.07 Å². The molecule has 2 aromatic carbocycles. The fourth-order valence-electron chi connectivity index (χ4n) is 5.27. The minimum atomic E-state index is -0.409. The summed E-state index contributed by atoms with van der Waals surface area (Å²) in [7, 11) is 0. The van der Waals surface area contributed by atoms with Gasteiger partial charge in [-0.15, -0.1) is 0 Å². The Morgan fingerprint density at radius 2 is 1.97 bits per heavy atom. The summed E-state index contributed by atoms with van der Waals surface area (Å²) < 4.78 is 0. The largest absolute Gasteiger partial charge is 0.312 e. The molecule has 0 N–H and O–H groups in total. The van der Waals surface area contributed by atoms with E-state index < -0.39 is 5.92 Å². The molecule has 5 rings (SSSR count). The normalized spacial score (nSPS) is 18.5. The lowest BCUT2D eigenvalue weighted by Crippen LogP contribution is -2.39. The lowest BCUT2D eigenvalue weighted by Gasteiger charge is -2.23.